The minimum atomic E-state index is -2.66. The summed E-state index contributed by atoms with van der Waals surface area (Å²) < 4.78 is 42.3. The highest BCUT2D eigenvalue weighted by Crippen LogP contribution is 2.15. The van der Waals surface area contributed by atoms with E-state index in [1.54, 1.807) is 0 Å². The summed E-state index contributed by atoms with van der Waals surface area (Å²) in [4.78, 5) is 11.1. The predicted octanol–water partition coefficient (Wildman–Crippen LogP) is 2.00. The Balaban J connectivity index is 2.63. The molecule has 80 valence electrons. The van der Waals surface area contributed by atoms with Gasteiger partial charge >= 0.3 is 5.76 Å². The van der Waals surface area contributed by atoms with E-state index >= 15 is 0 Å². The van der Waals surface area contributed by atoms with Crippen LogP contribution in [0.15, 0.2) is 27.4 Å². The molecule has 0 aliphatic carbocycles. The quantitative estimate of drug-likeness (QED) is 0.771. The van der Waals surface area contributed by atoms with Gasteiger partial charge in [-0.05, 0) is 12.1 Å². The van der Waals surface area contributed by atoms with Gasteiger partial charge in [-0.1, -0.05) is 0 Å². The van der Waals surface area contributed by atoms with Crippen LogP contribution in [0, 0.1) is 5.82 Å². The van der Waals surface area contributed by atoms with Crippen LogP contribution in [0.1, 0.15) is 0 Å². The fourth-order valence-electron chi connectivity index (χ4n) is 1.35. The molecule has 1 aromatic carbocycles. The molecule has 0 unspecified atom stereocenters. The first kappa shape index (κ1) is 9.82. The normalized spacial score (nSPS) is 11.5. The second-order valence-corrected chi connectivity index (χ2v) is 2.98. The summed E-state index contributed by atoms with van der Waals surface area (Å²) in [5.41, 5.74) is 0.141. The van der Waals surface area contributed by atoms with Crippen LogP contribution in [0.4, 0.5) is 13.2 Å². The molecule has 0 saturated heterocycles. The minimum absolute atomic E-state index is 0.0272. The maximum absolute atomic E-state index is 12.7. The summed E-state index contributed by atoms with van der Waals surface area (Å²) >= 11 is 0. The molecule has 2 aromatic rings. The smallest absolute Gasteiger partial charge is 0.408 e. The molecule has 2 rings (SSSR count). The topological polar surface area (TPSA) is 35.1 Å². The Bertz CT molecular complexity index is 544. The van der Waals surface area contributed by atoms with Gasteiger partial charge in [0.05, 0.1) is 12.1 Å². The molecule has 0 spiro atoms. The van der Waals surface area contributed by atoms with Crippen LogP contribution in [0.5, 0.6) is 0 Å². The lowest BCUT2D eigenvalue weighted by atomic mass is 10.3. The lowest BCUT2D eigenvalue weighted by Gasteiger charge is -1.99. The number of aromatic nitrogens is 1. The molecule has 0 saturated carbocycles. The number of fused-ring (bicyclic) bond motifs is 1. The largest absolute Gasteiger partial charge is 0.420 e. The minimum Gasteiger partial charge on any atom is -0.408 e. The summed E-state index contributed by atoms with van der Waals surface area (Å²) in [6.45, 7) is -0.753. The fraction of sp³-hybridized carbons (Fsp3) is 0.222. The number of alkyl halides is 2. The van der Waals surface area contributed by atoms with Gasteiger partial charge in [-0.3, -0.25) is 4.57 Å². The molecule has 0 bridgehead atoms. The van der Waals surface area contributed by atoms with Crippen molar-refractivity contribution >= 4 is 11.1 Å². The summed E-state index contributed by atoms with van der Waals surface area (Å²) in [6.07, 6.45) is -2.66. The van der Waals surface area contributed by atoms with E-state index in [-0.39, 0.29) is 11.1 Å². The second kappa shape index (κ2) is 3.45. The third-order valence-corrected chi connectivity index (χ3v) is 1.95. The predicted molar refractivity (Wildman–Crippen MR) is 46.4 cm³/mol. The average Bonchev–Trinajstić information content (AvgIpc) is 2.41. The molecular weight excluding hydrogens is 211 g/mol. The Morgan fingerprint density at radius 3 is 2.80 bits per heavy atom. The van der Waals surface area contributed by atoms with Gasteiger partial charge in [0.15, 0.2) is 5.58 Å². The standard InChI is InChI=1S/C9H6F3NO2/c10-5-1-2-6-7(3-5)15-9(14)13(6)4-8(11)12/h1-3,8H,4H2. The molecule has 1 heterocycles. The molecule has 0 atom stereocenters. The monoisotopic (exact) mass is 217 g/mol. The Labute approximate surface area is 81.7 Å². The van der Waals surface area contributed by atoms with E-state index in [0.29, 0.717) is 0 Å². The van der Waals surface area contributed by atoms with E-state index in [4.69, 9.17) is 0 Å². The zero-order chi connectivity index (χ0) is 11.0. The van der Waals surface area contributed by atoms with Crippen LogP contribution in [0.25, 0.3) is 11.1 Å². The van der Waals surface area contributed by atoms with Crippen molar-refractivity contribution in [3.05, 3.63) is 34.6 Å². The van der Waals surface area contributed by atoms with E-state index in [0.717, 1.165) is 16.7 Å². The van der Waals surface area contributed by atoms with Crippen LogP contribution in [-0.4, -0.2) is 11.0 Å². The molecule has 0 N–H and O–H groups in total. The van der Waals surface area contributed by atoms with Crippen LogP contribution in [0.3, 0.4) is 0 Å². The lowest BCUT2D eigenvalue weighted by Crippen LogP contribution is -2.18. The molecule has 0 amide bonds. The Kier molecular flexibility index (Phi) is 2.26. The van der Waals surface area contributed by atoms with Crippen LogP contribution in [0.2, 0.25) is 0 Å². The number of nitrogens with zero attached hydrogens (tertiary/aromatic N) is 1. The van der Waals surface area contributed by atoms with E-state index in [9.17, 15) is 18.0 Å². The Hall–Kier alpha value is -1.72. The second-order valence-electron chi connectivity index (χ2n) is 2.98. The molecule has 15 heavy (non-hydrogen) atoms. The third-order valence-electron chi connectivity index (χ3n) is 1.95. The van der Waals surface area contributed by atoms with Gasteiger partial charge < -0.3 is 4.42 Å². The first-order valence-corrected chi connectivity index (χ1v) is 4.15. The zero-order valence-electron chi connectivity index (χ0n) is 7.41. The van der Waals surface area contributed by atoms with Crippen LogP contribution >= 0.6 is 0 Å². The van der Waals surface area contributed by atoms with Crippen molar-refractivity contribution in [2.45, 2.75) is 13.0 Å². The van der Waals surface area contributed by atoms with Gasteiger partial charge in [0.2, 0.25) is 0 Å². The fourth-order valence-corrected chi connectivity index (χ4v) is 1.35. The maximum atomic E-state index is 12.7. The SMILES string of the molecule is O=c1oc2cc(F)ccc2n1CC(F)F. The summed E-state index contributed by atoms with van der Waals surface area (Å²) in [5.74, 6) is -1.49. The van der Waals surface area contributed by atoms with Crippen molar-refractivity contribution < 1.29 is 17.6 Å². The summed E-state index contributed by atoms with van der Waals surface area (Å²) in [5, 5.41) is 0. The van der Waals surface area contributed by atoms with Crippen molar-refractivity contribution in [3.8, 4) is 0 Å². The van der Waals surface area contributed by atoms with E-state index in [1.165, 1.54) is 6.07 Å². The van der Waals surface area contributed by atoms with Gasteiger partial charge in [0.1, 0.15) is 5.82 Å². The number of benzene rings is 1. The van der Waals surface area contributed by atoms with Crippen LogP contribution in [-0.2, 0) is 6.54 Å². The number of hydrogen-bond acceptors (Lipinski definition) is 2. The zero-order valence-corrected chi connectivity index (χ0v) is 7.41. The number of hydrogen-bond donors (Lipinski definition) is 0. The molecule has 0 aliphatic rings. The highest BCUT2D eigenvalue weighted by molar-refractivity contribution is 5.72. The van der Waals surface area contributed by atoms with Gasteiger partial charge in [0, 0.05) is 6.07 Å². The van der Waals surface area contributed by atoms with Crippen LogP contribution < -0.4 is 5.76 Å². The van der Waals surface area contributed by atoms with Gasteiger partial charge in [0.25, 0.3) is 6.43 Å². The first-order valence-electron chi connectivity index (χ1n) is 4.15. The van der Waals surface area contributed by atoms with Crippen molar-refractivity contribution in [1.29, 1.82) is 0 Å². The van der Waals surface area contributed by atoms with Crippen molar-refractivity contribution in [2.24, 2.45) is 0 Å². The van der Waals surface area contributed by atoms with Gasteiger partial charge in [-0.25, -0.2) is 18.0 Å². The molecule has 1 aromatic heterocycles. The molecule has 3 nitrogen and oxygen atoms in total. The summed E-state index contributed by atoms with van der Waals surface area (Å²) in [6, 6.07) is 3.30. The summed E-state index contributed by atoms with van der Waals surface area (Å²) in [7, 11) is 0. The molecule has 0 aliphatic heterocycles. The maximum Gasteiger partial charge on any atom is 0.420 e. The van der Waals surface area contributed by atoms with Gasteiger partial charge in [-0.15, -0.1) is 0 Å². The Morgan fingerprint density at radius 2 is 2.13 bits per heavy atom. The van der Waals surface area contributed by atoms with E-state index in [1.807, 2.05) is 0 Å². The van der Waals surface area contributed by atoms with Gasteiger partial charge in [-0.2, -0.15) is 0 Å². The van der Waals surface area contributed by atoms with E-state index in [2.05, 4.69) is 4.42 Å². The third kappa shape index (κ3) is 1.74. The number of rotatable bonds is 2. The molecule has 0 radical (unpaired) electrons. The first-order chi connectivity index (χ1) is 7.08. The molecule has 0 fully saturated rings. The Morgan fingerprint density at radius 1 is 1.40 bits per heavy atom. The highest BCUT2D eigenvalue weighted by Gasteiger charge is 2.13. The highest BCUT2D eigenvalue weighted by atomic mass is 19.3. The van der Waals surface area contributed by atoms with Crippen molar-refractivity contribution in [1.82, 2.24) is 4.57 Å². The number of oxazole rings is 1. The molecule has 6 heteroatoms. The van der Waals surface area contributed by atoms with Crippen molar-refractivity contribution in [2.75, 3.05) is 0 Å². The lowest BCUT2D eigenvalue weighted by molar-refractivity contribution is 0.125. The van der Waals surface area contributed by atoms with E-state index < -0.39 is 24.5 Å². The average molecular weight is 217 g/mol. The molecular formula is C9H6F3NO2. The van der Waals surface area contributed by atoms with Crippen molar-refractivity contribution in [3.63, 3.8) is 0 Å². The number of halogens is 3.